The van der Waals surface area contributed by atoms with E-state index in [0.717, 1.165) is 22.8 Å². The van der Waals surface area contributed by atoms with Gasteiger partial charge in [0.05, 0.1) is 7.11 Å². The van der Waals surface area contributed by atoms with E-state index in [4.69, 9.17) is 14.3 Å². The van der Waals surface area contributed by atoms with Crippen molar-refractivity contribution in [1.82, 2.24) is 9.97 Å². The summed E-state index contributed by atoms with van der Waals surface area (Å²) in [7, 11) is -0.396. The van der Waals surface area contributed by atoms with Gasteiger partial charge >= 0.3 is 0 Å². The Morgan fingerprint density at radius 3 is 2.26 bits per heavy atom. The monoisotopic (exact) mass is 382 g/mol. The molecule has 5 nitrogen and oxygen atoms in total. The molecule has 2 aromatic heterocycles. The molecule has 0 bridgehead atoms. The number of aromatic nitrogens is 2. The van der Waals surface area contributed by atoms with Gasteiger partial charge in [0.1, 0.15) is 5.52 Å². The van der Waals surface area contributed by atoms with Crippen molar-refractivity contribution in [3.8, 4) is 5.88 Å². The zero-order valence-electron chi connectivity index (χ0n) is 16.0. The molecule has 1 aromatic carbocycles. The fourth-order valence-electron chi connectivity index (χ4n) is 2.97. The summed E-state index contributed by atoms with van der Waals surface area (Å²) < 4.78 is 20.3. The van der Waals surface area contributed by atoms with Gasteiger partial charge in [-0.05, 0) is 70.2 Å². The van der Waals surface area contributed by atoms with Crippen LogP contribution in [0.4, 0.5) is 0 Å². The molecular weight excluding hydrogens is 356 g/mol. The number of rotatable bonds is 4. The first-order valence-electron chi connectivity index (χ1n) is 9.08. The van der Waals surface area contributed by atoms with Crippen LogP contribution in [0.25, 0.3) is 10.9 Å². The lowest BCUT2D eigenvalue weighted by Gasteiger charge is -2.06. The molecule has 0 saturated heterocycles. The summed E-state index contributed by atoms with van der Waals surface area (Å²) in [5.74, 6) is 1.35. The molecule has 6 heteroatoms. The van der Waals surface area contributed by atoms with E-state index in [1.165, 1.54) is 29.4 Å². The molecule has 2 N–H and O–H groups in total. The van der Waals surface area contributed by atoms with Crippen molar-refractivity contribution >= 4 is 20.5 Å². The molecule has 0 radical (unpaired) electrons. The summed E-state index contributed by atoms with van der Waals surface area (Å²) in [5.41, 5.74) is 3.53. The molecule has 4 rings (SSSR count). The van der Waals surface area contributed by atoms with Crippen LogP contribution in [0, 0.1) is 9.56 Å². The molecule has 3 aromatic rings. The largest absolute Gasteiger partial charge is 0.479 e. The van der Waals surface area contributed by atoms with Crippen molar-refractivity contribution in [2.45, 2.75) is 37.0 Å². The number of ether oxygens (including phenoxy) is 1. The number of hydrogen-bond acceptors (Lipinski definition) is 5. The van der Waals surface area contributed by atoms with Gasteiger partial charge in [0.25, 0.3) is 0 Å². The highest BCUT2D eigenvalue weighted by molar-refractivity contribution is 7.92. The maximum absolute atomic E-state index is 7.55. The summed E-state index contributed by atoms with van der Waals surface area (Å²) >= 11 is 0. The number of nitrogens with one attached hydrogen (secondary N) is 2. The molecule has 0 aliphatic heterocycles. The lowest BCUT2D eigenvalue weighted by molar-refractivity contribution is 0.402. The molecule has 1 aliphatic rings. The van der Waals surface area contributed by atoms with E-state index in [0.29, 0.717) is 5.88 Å². The van der Waals surface area contributed by atoms with Crippen molar-refractivity contribution in [3.05, 3.63) is 59.9 Å². The van der Waals surface area contributed by atoms with E-state index in [-0.39, 0.29) is 0 Å². The van der Waals surface area contributed by atoms with Crippen LogP contribution in [-0.4, -0.2) is 23.3 Å². The second-order valence-electron chi connectivity index (χ2n) is 6.81. The molecular formula is C21H26N4OS. The Morgan fingerprint density at radius 2 is 1.70 bits per heavy atom. The van der Waals surface area contributed by atoms with Gasteiger partial charge in [0.2, 0.25) is 5.88 Å². The van der Waals surface area contributed by atoms with Gasteiger partial charge in [0, 0.05) is 28.9 Å². The van der Waals surface area contributed by atoms with Gasteiger partial charge in [0.15, 0.2) is 0 Å². The van der Waals surface area contributed by atoms with Crippen molar-refractivity contribution in [2.24, 2.45) is 0 Å². The maximum atomic E-state index is 7.55. The van der Waals surface area contributed by atoms with Crippen LogP contribution < -0.4 is 4.74 Å². The Hall–Kier alpha value is -2.47. The molecule has 142 valence electrons. The fourth-order valence-corrected chi connectivity index (χ4v) is 3.65. The summed E-state index contributed by atoms with van der Waals surface area (Å²) in [6, 6.07) is 11.9. The van der Waals surface area contributed by atoms with Crippen LogP contribution in [0.5, 0.6) is 5.88 Å². The van der Waals surface area contributed by atoms with E-state index >= 15 is 0 Å². The zero-order valence-corrected chi connectivity index (χ0v) is 16.8. The molecule has 1 saturated carbocycles. The summed E-state index contributed by atoms with van der Waals surface area (Å²) in [4.78, 5) is 9.33. The Labute approximate surface area is 161 Å². The molecule has 27 heavy (non-hydrogen) atoms. The first-order chi connectivity index (χ1) is 12.9. The average Bonchev–Trinajstić information content (AvgIpc) is 3.52. The van der Waals surface area contributed by atoms with Crippen molar-refractivity contribution in [1.29, 1.82) is 9.56 Å². The summed E-state index contributed by atoms with van der Waals surface area (Å²) in [6.45, 7) is 2.10. The first-order valence-corrected chi connectivity index (χ1v) is 11.1. The molecule has 0 spiro atoms. The quantitative estimate of drug-likeness (QED) is 0.631. The highest BCUT2D eigenvalue weighted by Gasteiger charge is 2.25. The maximum Gasteiger partial charge on any atom is 0.240 e. The van der Waals surface area contributed by atoms with Crippen LogP contribution >= 0.6 is 0 Å². The highest BCUT2D eigenvalue weighted by Crippen LogP contribution is 2.43. The van der Waals surface area contributed by atoms with Crippen LogP contribution in [0.1, 0.15) is 36.8 Å². The predicted octanol–water partition coefficient (Wildman–Crippen LogP) is 5.43. The third kappa shape index (κ3) is 4.63. The Bertz CT molecular complexity index is 1030. The Morgan fingerprint density at radius 1 is 1.04 bits per heavy atom. The lowest BCUT2D eigenvalue weighted by Crippen LogP contribution is -1.93. The third-order valence-corrected chi connectivity index (χ3v) is 5.89. The average molecular weight is 383 g/mol. The number of pyridine rings is 2. The lowest BCUT2D eigenvalue weighted by atomic mass is 10.1. The molecule has 0 amide bonds. The van der Waals surface area contributed by atoms with Gasteiger partial charge in [-0.15, -0.1) is 0 Å². The second-order valence-corrected chi connectivity index (χ2v) is 9.12. The first kappa shape index (κ1) is 19.3. The number of aryl methyl sites for hydroxylation is 1. The van der Waals surface area contributed by atoms with Gasteiger partial charge in [-0.25, -0.2) is 4.98 Å². The SMILES string of the molecule is CCc1ccc(S(C)(=N)=N)cc1.COc1nccc2c(C3CC3)ccnc12. The Balaban J connectivity index is 0.000000161. The Kier molecular flexibility index (Phi) is 5.75. The third-order valence-electron chi connectivity index (χ3n) is 4.67. The molecule has 0 unspecified atom stereocenters. The van der Waals surface area contributed by atoms with Crippen LogP contribution in [0.15, 0.2) is 53.7 Å². The van der Waals surface area contributed by atoms with Crippen molar-refractivity contribution in [2.75, 3.05) is 13.4 Å². The van der Waals surface area contributed by atoms with Gasteiger partial charge in [-0.3, -0.25) is 14.5 Å². The fraction of sp³-hybridized carbons (Fsp3) is 0.333. The molecule has 0 atom stereocenters. The molecule has 1 aliphatic carbocycles. The van der Waals surface area contributed by atoms with Crippen LogP contribution in [0.2, 0.25) is 0 Å². The van der Waals surface area contributed by atoms with E-state index in [9.17, 15) is 0 Å². The van der Waals surface area contributed by atoms with Crippen molar-refractivity contribution in [3.63, 3.8) is 0 Å². The number of benzene rings is 1. The minimum Gasteiger partial charge on any atom is -0.479 e. The van der Waals surface area contributed by atoms with Gasteiger partial charge in [-0.1, -0.05) is 19.1 Å². The second kappa shape index (κ2) is 8.05. The zero-order chi connectivity index (χ0) is 19.4. The minimum absolute atomic E-state index is 0.620. The van der Waals surface area contributed by atoms with Crippen LogP contribution in [-0.2, 0) is 16.0 Å². The van der Waals surface area contributed by atoms with Gasteiger partial charge < -0.3 is 4.74 Å². The molecule has 1 fully saturated rings. The van der Waals surface area contributed by atoms with E-state index < -0.39 is 9.62 Å². The summed E-state index contributed by atoms with van der Waals surface area (Å²) in [5, 5.41) is 1.19. The molecule has 2 heterocycles. The van der Waals surface area contributed by atoms with Crippen molar-refractivity contribution < 1.29 is 4.74 Å². The van der Waals surface area contributed by atoms with E-state index in [2.05, 4.69) is 23.0 Å². The highest BCUT2D eigenvalue weighted by atomic mass is 32.2. The van der Waals surface area contributed by atoms with Crippen LogP contribution in [0.3, 0.4) is 0 Å². The summed E-state index contributed by atoms with van der Waals surface area (Å²) in [6.07, 6.45) is 8.90. The standard InChI is InChI=1S/C12H12N2O.C9H14N2S/c1-15-12-11-10(5-7-14-12)9(4-6-13-11)8-2-3-8;1-3-8-4-6-9(7-5-8)12(2,10)11/h4-8H,2-3H2,1H3;4-7,10-11H,3H2,1-2H3. The number of nitrogens with zero attached hydrogens (tertiary/aromatic N) is 2. The number of hydrogen-bond donors (Lipinski definition) is 2. The van der Waals surface area contributed by atoms with E-state index in [1.807, 2.05) is 36.5 Å². The predicted molar refractivity (Wildman–Crippen MR) is 111 cm³/mol. The smallest absolute Gasteiger partial charge is 0.240 e. The van der Waals surface area contributed by atoms with E-state index in [1.54, 1.807) is 19.6 Å². The number of fused-ring (bicyclic) bond motifs is 1. The normalized spacial score (nSPS) is 13.7. The topological polar surface area (TPSA) is 82.7 Å². The number of methoxy groups -OCH3 is 1. The minimum atomic E-state index is -2.03. The van der Waals surface area contributed by atoms with Gasteiger partial charge in [-0.2, -0.15) is 0 Å².